The lowest BCUT2D eigenvalue weighted by Gasteiger charge is -2.35. The maximum absolute atomic E-state index is 12.3. The van der Waals surface area contributed by atoms with Gasteiger partial charge in [0.2, 0.25) is 0 Å². The number of ether oxygens (including phenoxy) is 3. The highest BCUT2D eigenvalue weighted by Gasteiger charge is 2.40. The van der Waals surface area contributed by atoms with Gasteiger partial charge < -0.3 is 19.0 Å². The monoisotopic (exact) mass is 366 g/mol. The summed E-state index contributed by atoms with van der Waals surface area (Å²) in [5.41, 5.74) is 1.22. The Morgan fingerprint density at radius 3 is 2.15 bits per heavy atom. The number of rotatable bonds is 6. The topological polar surface area (TPSA) is 111 Å². The number of aldehydes is 1. The second kappa shape index (κ2) is 9.40. The van der Waals surface area contributed by atoms with Gasteiger partial charge in [0.25, 0.3) is 0 Å². The smallest absolute Gasteiger partial charge is 0.430 e. The zero-order valence-electron chi connectivity index (χ0n) is 15.1. The fourth-order valence-corrected chi connectivity index (χ4v) is 2.11. The molecule has 9 heteroatoms. The van der Waals surface area contributed by atoms with Gasteiger partial charge in [-0.25, -0.2) is 19.8 Å². The van der Waals surface area contributed by atoms with Crippen LogP contribution in [0, 0.1) is 0 Å². The molecule has 0 aromatic heterocycles. The van der Waals surface area contributed by atoms with E-state index in [2.05, 4.69) is 10.2 Å². The van der Waals surface area contributed by atoms with Crippen LogP contribution in [0.3, 0.4) is 0 Å². The van der Waals surface area contributed by atoms with Crippen molar-refractivity contribution < 1.29 is 33.4 Å². The first kappa shape index (κ1) is 20.9. The van der Waals surface area contributed by atoms with E-state index in [0.29, 0.717) is 11.8 Å². The molecule has 1 atom stereocenters. The van der Waals surface area contributed by atoms with E-state index in [1.807, 2.05) is 0 Å². The summed E-state index contributed by atoms with van der Waals surface area (Å²) in [6.45, 7) is 4.71. The van der Waals surface area contributed by atoms with Gasteiger partial charge in [0.05, 0.1) is 25.9 Å². The lowest BCUT2D eigenvalue weighted by molar-refractivity contribution is -0.119. The molecule has 1 N–H and O–H groups in total. The largest absolute Gasteiger partial charge is 0.465 e. The maximum atomic E-state index is 12.3. The minimum absolute atomic E-state index is 0.0378. The van der Waals surface area contributed by atoms with Crippen molar-refractivity contribution in [2.45, 2.75) is 26.3 Å². The Bertz CT molecular complexity index is 660. The number of hydrogen-bond acceptors (Lipinski definition) is 7. The molecule has 0 aliphatic heterocycles. The number of nitrogens with zero attached hydrogens (tertiary/aromatic N) is 1. The Kier molecular flexibility index (Phi) is 7.57. The second-order valence-electron chi connectivity index (χ2n) is 5.20. The lowest BCUT2D eigenvalue weighted by atomic mass is 9.92. The molecule has 0 aliphatic rings. The minimum atomic E-state index is -1.60. The zero-order valence-corrected chi connectivity index (χ0v) is 15.1. The Hall–Kier alpha value is -3.10. The number of amides is 2. The molecule has 1 unspecified atom stereocenters. The molecule has 1 rings (SSSR count). The van der Waals surface area contributed by atoms with Crippen LogP contribution >= 0.6 is 0 Å². The van der Waals surface area contributed by atoms with Crippen LogP contribution in [0.15, 0.2) is 24.3 Å². The molecule has 0 bridgehead atoms. The highest BCUT2D eigenvalue weighted by atomic mass is 16.6. The molecule has 0 radical (unpaired) electrons. The van der Waals surface area contributed by atoms with Crippen molar-refractivity contribution in [3.8, 4) is 0 Å². The average molecular weight is 366 g/mol. The van der Waals surface area contributed by atoms with Crippen molar-refractivity contribution in [2.75, 3.05) is 20.3 Å². The number of hydrogen-bond donors (Lipinski definition) is 1. The van der Waals surface area contributed by atoms with Gasteiger partial charge in [0, 0.05) is 0 Å². The molecule has 0 aliphatic carbocycles. The van der Waals surface area contributed by atoms with E-state index in [1.165, 1.54) is 38.3 Å². The van der Waals surface area contributed by atoms with Crippen molar-refractivity contribution in [2.24, 2.45) is 0 Å². The van der Waals surface area contributed by atoms with E-state index in [0.717, 1.165) is 5.01 Å². The number of nitrogens with one attached hydrogen (secondary N) is 1. The standard InChI is InChI=1S/C17H22N2O7/c1-5-25-15(22)18-19(16(23)26-6-2)17(3,11-20)13-9-7-12(8-10-13)14(21)24-4/h7-11H,5-6H2,1-4H3,(H,18,22). The van der Waals surface area contributed by atoms with Gasteiger partial charge in [-0.1, -0.05) is 12.1 Å². The molecule has 0 saturated carbocycles. The fraction of sp³-hybridized carbons (Fsp3) is 0.412. The number of benzene rings is 1. The molecule has 26 heavy (non-hydrogen) atoms. The molecular formula is C17H22N2O7. The molecule has 0 spiro atoms. The maximum Gasteiger partial charge on any atom is 0.430 e. The van der Waals surface area contributed by atoms with E-state index >= 15 is 0 Å². The van der Waals surface area contributed by atoms with Crippen molar-refractivity contribution in [1.29, 1.82) is 0 Å². The number of carbonyl (C=O) groups excluding carboxylic acids is 4. The van der Waals surface area contributed by atoms with Gasteiger partial charge in [-0.2, -0.15) is 5.01 Å². The SMILES string of the molecule is CCOC(=O)NN(C(=O)OCC)C(C)(C=O)c1ccc(C(=O)OC)cc1. The first-order valence-electron chi connectivity index (χ1n) is 7.89. The molecule has 0 saturated heterocycles. The van der Waals surface area contributed by atoms with Crippen LogP contribution in [0.2, 0.25) is 0 Å². The van der Waals surface area contributed by atoms with E-state index in [-0.39, 0.29) is 18.8 Å². The van der Waals surface area contributed by atoms with Gasteiger partial charge in [0.1, 0.15) is 5.54 Å². The number of methoxy groups -OCH3 is 1. The Morgan fingerprint density at radius 2 is 1.69 bits per heavy atom. The number of esters is 1. The zero-order chi connectivity index (χ0) is 19.7. The van der Waals surface area contributed by atoms with E-state index in [1.54, 1.807) is 13.8 Å². The highest BCUT2D eigenvalue weighted by Crippen LogP contribution is 2.26. The van der Waals surface area contributed by atoms with Gasteiger partial charge in [-0.15, -0.1) is 0 Å². The van der Waals surface area contributed by atoms with Crippen LogP contribution in [-0.4, -0.2) is 49.8 Å². The molecule has 9 nitrogen and oxygen atoms in total. The quantitative estimate of drug-likeness (QED) is 0.355. The molecule has 1 aromatic rings. The van der Waals surface area contributed by atoms with Gasteiger partial charge in [-0.3, -0.25) is 0 Å². The number of hydrazine groups is 1. The van der Waals surface area contributed by atoms with Gasteiger partial charge in [-0.05, 0) is 38.5 Å². The van der Waals surface area contributed by atoms with Crippen molar-refractivity contribution >= 4 is 24.4 Å². The Labute approximate surface area is 151 Å². The molecule has 2 amide bonds. The van der Waals surface area contributed by atoms with Crippen molar-refractivity contribution in [3.05, 3.63) is 35.4 Å². The first-order chi connectivity index (χ1) is 12.3. The van der Waals surface area contributed by atoms with Crippen LogP contribution in [0.5, 0.6) is 0 Å². The summed E-state index contributed by atoms with van der Waals surface area (Å²) in [4.78, 5) is 47.5. The number of carbonyl (C=O) groups is 4. The third-order valence-corrected chi connectivity index (χ3v) is 3.51. The average Bonchev–Trinajstić information content (AvgIpc) is 2.65. The summed E-state index contributed by atoms with van der Waals surface area (Å²) in [6.07, 6.45) is -1.38. The fourth-order valence-electron chi connectivity index (χ4n) is 2.11. The van der Waals surface area contributed by atoms with E-state index in [9.17, 15) is 19.2 Å². The molecule has 1 aromatic carbocycles. The molecular weight excluding hydrogens is 344 g/mol. The van der Waals surface area contributed by atoms with Crippen LogP contribution < -0.4 is 5.43 Å². The van der Waals surface area contributed by atoms with Crippen molar-refractivity contribution in [3.63, 3.8) is 0 Å². The summed E-state index contributed by atoms with van der Waals surface area (Å²) >= 11 is 0. The summed E-state index contributed by atoms with van der Waals surface area (Å²) in [5, 5.41) is 0.745. The normalized spacial score (nSPS) is 12.3. The summed E-state index contributed by atoms with van der Waals surface area (Å²) in [7, 11) is 1.25. The third kappa shape index (κ3) is 4.71. The van der Waals surface area contributed by atoms with Crippen molar-refractivity contribution in [1.82, 2.24) is 10.4 Å². The molecule has 0 fully saturated rings. The predicted octanol–water partition coefficient (Wildman–Crippen LogP) is 2.01. The van der Waals surface area contributed by atoms with E-state index < -0.39 is 23.7 Å². The van der Waals surface area contributed by atoms with Crippen LogP contribution in [0.4, 0.5) is 9.59 Å². The minimum Gasteiger partial charge on any atom is -0.465 e. The summed E-state index contributed by atoms with van der Waals surface area (Å²) in [6, 6.07) is 5.83. The highest BCUT2D eigenvalue weighted by molar-refractivity contribution is 5.89. The summed E-state index contributed by atoms with van der Waals surface area (Å²) < 4.78 is 14.3. The van der Waals surface area contributed by atoms with Gasteiger partial charge >= 0.3 is 18.2 Å². The lowest BCUT2D eigenvalue weighted by Crippen LogP contribution is -2.58. The van der Waals surface area contributed by atoms with Crippen LogP contribution in [0.1, 0.15) is 36.7 Å². The molecule has 142 valence electrons. The van der Waals surface area contributed by atoms with Gasteiger partial charge in [0.15, 0.2) is 6.29 Å². The third-order valence-electron chi connectivity index (χ3n) is 3.51. The first-order valence-corrected chi connectivity index (χ1v) is 7.89. The second-order valence-corrected chi connectivity index (χ2v) is 5.20. The van der Waals surface area contributed by atoms with E-state index in [4.69, 9.17) is 9.47 Å². The van der Waals surface area contributed by atoms with Crippen LogP contribution in [0.25, 0.3) is 0 Å². The van der Waals surface area contributed by atoms with Crippen LogP contribution in [-0.2, 0) is 24.5 Å². The Morgan fingerprint density at radius 1 is 1.12 bits per heavy atom. The predicted molar refractivity (Wildman–Crippen MR) is 90.2 cm³/mol. The Balaban J connectivity index is 3.27. The molecule has 0 heterocycles. The summed E-state index contributed by atoms with van der Waals surface area (Å²) in [5.74, 6) is -0.545.